The molecule has 0 unspecified atom stereocenters. The van der Waals surface area contributed by atoms with Gasteiger partial charge in [-0.2, -0.15) is 11.8 Å². The molecule has 3 aliphatic rings. The first kappa shape index (κ1) is 19.8. The van der Waals surface area contributed by atoms with E-state index in [4.69, 9.17) is 18.9 Å². The molecule has 8 heteroatoms. The van der Waals surface area contributed by atoms with Gasteiger partial charge in [0, 0.05) is 22.8 Å². The van der Waals surface area contributed by atoms with E-state index in [-0.39, 0.29) is 29.6 Å². The van der Waals surface area contributed by atoms with Crippen molar-refractivity contribution >= 4 is 23.8 Å². The van der Waals surface area contributed by atoms with E-state index in [9.17, 15) is 9.59 Å². The van der Waals surface area contributed by atoms with Crippen LogP contribution in [0.25, 0.3) is 0 Å². The molecular formula is C18H29NO6S. The highest BCUT2D eigenvalue weighted by Gasteiger charge is 2.44. The predicted octanol–water partition coefficient (Wildman–Crippen LogP) is 2.47. The van der Waals surface area contributed by atoms with Crippen LogP contribution < -0.4 is 5.32 Å². The summed E-state index contributed by atoms with van der Waals surface area (Å²) in [5.74, 6) is 0.161. The number of rotatable bonds is 7. The van der Waals surface area contributed by atoms with Crippen LogP contribution in [0.15, 0.2) is 0 Å². The van der Waals surface area contributed by atoms with E-state index in [2.05, 4.69) is 5.32 Å². The maximum absolute atomic E-state index is 12.0. The van der Waals surface area contributed by atoms with Crippen molar-refractivity contribution in [2.45, 2.75) is 69.6 Å². The lowest BCUT2D eigenvalue weighted by Gasteiger charge is -2.40. The van der Waals surface area contributed by atoms with E-state index >= 15 is 0 Å². The molecule has 7 nitrogen and oxygen atoms in total. The summed E-state index contributed by atoms with van der Waals surface area (Å²) in [6, 6.07) is 0.146. The van der Waals surface area contributed by atoms with Gasteiger partial charge < -0.3 is 24.3 Å². The van der Waals surface area contributed by atoms with Crippen LogP contribution in [-0.2, 0) is 23.7 Å². The van der Waals surface area contributed by atoms with Crippen LogP contribution in [0, 0.1) is 5.41 Å². The highest BCUT2D eigenvalue weighted by Crippen LogP contribution is 2.36. The maximum atomic E-state index is 12.0. The van der Waals surface area contributed by atoms with Gasteiger partial charge in [0.15, 0.2) is 5.79 Å². The predicted molar refractivity (Wildman–Crippen MR) is 97.0 cm³/mol. The molecule has 3 saturated heterocycles. The highest BCUT2D eigenvalue weighted by atomic mass is 32.2. The summed E-state index contributed by atoms with van der Waals surface area (Å²) in [6.45, 7) is 7.10. The second-order valence-corrected chi connectivity index (χ2v) is 9.46. The van der Waals surface area contributed by atoms with E-state index in [0.29, 0.717) is 31.5 Å². The number of amides is 1. The number of unbranched alkanes of at least 4 members (excludes halogenated alkanes) is 1. The second-order valence-electron chi connectivity index (χ2n) is 8.19. The summed E-state index contributed by atoms with van der Waals surface area (Å²) in [5.41, 5.74) is -0.292. The number of carbonyl (C=O) groups excluding carboxylic acids is 2. The van der Waals surface area contributed by atoms with Gasteiger partial charge in [-0.05, 0) is 26.7 Å². The van der Waals surface area contributed by atoms with Gasteiger partial charge in [-0.15, -0.1) is 0 Å². The fourth-order valence-corrected chi connectivity index (χ4v) is 4.81. The Morgan fingerprint density at radius 3 is 2.73 bits per heavy atom. The maximum Gasteiger partial charge on any atom is 0.407 e. The molecule has 148 valence electrons. The summed E-state index contributed by atoms with van der Waals surface area (Å²) in [5, 5.41) is 3.16. The molecule has 0 aromatic heterocycles. The number of hydrogen-bond donors (Lipinski definition) is 1. The Hall–Kier alpha value is -0.990. The lowest BCUT2D eigenvalue weighted by Crippen LogP contribution is -2.47. The zero-order valence-electron chi connectivity index (χ0n) is 15.7. The molecule has 0 aromatic rings. The molecule has 3 rings (SSSR count). The molecule has 3 heterocycles. The molecule has 3 aliphatic heterocycles. The Morgan fingerprint density at radius 1 is 1.27 bits per heavy atom. The number of nitrogens with one attached hydrogen (secondary N) is 1. The van der Waals surface area contributed by atoms with E-state index in [0.717, 1.165) is 25.0 Å². The number of hydrogen-bond acceptors (Lipinski definition) is 7. The molecule has 0 aliphatic carbocycles. The number of alkyl carbamates (subject to hydrolysis) is 1. The summed E-state index contributed by atoms with van der Waals surface area (Å²) in [6.07, 6.45) is 2.74. The monoisotopic (exact) mass is 387 g/mol. The fraction of sp³-hybridized carbons (Fsp3) is 0.889. The molecular weight excluding hydrogens is 358 g/mol. The summed E-state index contributed by atoms with van der Waals surface area (Å²) >= 11 is 1.84. The molecule has 1 N–H and O–H groups in total. The van der Waals surface area contributed by atoms with Crippen molar-refractivity contribution in [2.24, 2.45) is 5.41 Å². The SMILES string of the molecule is CC1(COC(=O)CCCC[C@@H]2SC[C@@H]3NC(=O)O[C@@H]32)COC(C)(C)OC1. The lowest BCUT2D eigenvalue weighted by atomic mass is 9.93. The zero-order valence-corrected chi connectivity index (χ0v) is 16.6. The normalized spacial score (nSPS) is 31.8. The van der Waals surface area contributed by atoms with Crippen molar-refractivity contribution in [2.75, 3.05) is 25.6 Å². The van der Waals surface area contributed by atoms with Gasteiger partial charge in [0.25, 0.3) is 0 Å². The highest BCUT2D eigenvalue weighted by molar-refractivity contribution is 8.00. The van der Waals surface area contributed by atoms with Gasteiger partial charge in [0.05, 0.1) is 19.3 Å². The average molecular weight is 387 g/mol. The molecule has 0 aromatic carbocycles. The van der Waals surface area contributed by atoms with Gasteiger partial charge >= 0.3 is 12.1 Å². The first-order valence-corrected chi connectivity index (χ1v) is 10.3. The lowest BCUT2D eigenvalue weighted by molar-refractivity contribution is -0.287. The molecule has 0 bridgehead atoms. The van der Waals surface area contributed by atoms with Gasteiger partial charge in [-0.3, -0.25) is 4.79 Å². The third-order valence-corrected chi connectivity index (χ3v) is 6.52. The van der Waals surface area contributed by atoms with Crippen molar-refractivity contribution in [3.63, 3.8) is 0 Å². The molecule has 0 saturated carbocycles. The minimum absolute atomic E-state index is 0.0186. The number of carbonyl (C=O) groups is 2. The molecule has 1 amide bonds. The Morgan fingerprint density at radius 2 is 2.00 bits per heavy atom. The van der Waals surface area contributed by atoms with Crippen molar-refractivity contribution in [1.82, 2.24) is 5.32 Å². The molecule has 0 spiro atoms. The third-order valence-electron chi connectivity index (χ3n) is 5.04. The van der Waals surface area contributed by atoms with Gasteiger partial charge in [0.2, 0.25) is 0 Å². The number of thioether (sulfide) groups is 1. The van der Waals surface area contributed by atoms with Crippen LogP contribution in [0.4, 0.5) is 4.79 Å². The zero-order chi connectivity index (χ0) is 18.8. The minimum atomic E-state index is -0.566. The van der Waals surface area contributed by atoms with Crippen LogP contribution in [-0.4, -0.2) is 60.8 Å². The number of fused-ring (bicyclic) bond motifs is 1. The Labute approximate surface area is 158 Å². The number of ether oxygens (including phenoxy) is 4. The van der Waals surface area contributed by atoms with Crippen LogP contribution in [0.1, 0.15) is 46.5 Å². The largest absolute Gasteiger partial charge is 0.465 e. The van der Waals surface area contributed by atoms with E-state index in [1.165, 1.54) is 0 Å². The van der Waals surface area contributed by atoms with Crippen LogP contribution in [0.5, 0.6) is 0 Å². The molecule has 3 fully saturated rings. The van der Waals surface area contributed by atoms with Crippen molar-refractivity contribution in [3.8, 4) is 0 Å². The Balaban J connectivity index is 1.28. The van der Waals surface area contributed by atoms with E-state index < -0.39 is 5.79 Å². The van der Waals surface area contributed by atoms with Gasteiger partial charge in [-0.25, -0.2) is 4.79 Å². The summed E-state index contributed by atoms with van der Waals surface area (Å²) in [4.78, 5) is 23.3. The molecule has 3 atom stereocenters. The van der Waals surface area contributed by atoms with Gasteiger partial charge in [-0.1, -0.05) is 13.3 Å². The number of esters is 1. The van der Waals surface area contributed by atoms with Crippen molar-refractivity contribution < 1.29 is 28.5 Å². The van der Waals surface area contributed by atoms with Gasteiger partial charge in [0.1, 0.15) is 12.7 Å². The van der Waals surface area contributed by atoms with Crippen LogP contribution in [0.3, 0.4) is 0 Å². The minimum Gasteiger partial charge on any atom is -0.465 e. The molecule has 26 heavy (non-hydrogen) atoms. The van der Waals surface area contributed by atoms with Crippen LogP contribution >= 0.6 is 11.8 Å². The van der Waals surface area contributed by atoms with E-state index in [1.807, 2.05) is 32.5 Å². The Kier molecular flexibility index (Phi) is 6.04. The van der Waals surface area contributed by atoms with E-state index in [1.54, 1.807) is 0 Å². The topological polar surface area (TPSA) is 83.1 Å². The third kappa shape index (κ3) is 5.04. The van der Waals surface area contributed by atoms with Crippen molar-refractivity contribution in [3.05, 3.63) is 0 Å². The van der Waals surface area contributed by atoms with Crippen molar-refractivity contribution in [1.29, 1.82) is 0 Å². The fourth-order valence-electron chi connectivity index (χ4n) is 3.32. The quantitative estimate of drug-likeness (QED) is 0.531. The van der Waals surface area contributed by atoms with Crippen LogP contribution in [0.2, 0.25) is 0 Å². The second kappa shape index (κ2) is 7.94. The summed E-state index contributed by atoms with van der Waals surface area (Å²) < 4.78 is 22.1. The Bertz CT molecular complexity index is 530. The summed E-state index contributed by atoms with van der Waals surface area (Å²) in [7, 11) is 0. The first-order valence-electron chi connectivity index (χ1n) is 9.29. The smallest absolute Gasteiger partial charge is 0.407 e. The average Bonchev–Trinajstić information content (AvgIpc) is 3.13. The molecule has 0 radical (unpaired) electrons. The first-order chi connectivity index (χ1) is 12.3. The standard InChI is InChI=1S/C18H29NO6S/c1-17(2)23-10-18(3,11-24-17)9-22-14(20)7-5-4-6-13-15-12(8-26-13)19-16(21)25-15/h12-13,15H,4-11H2,1-3H3,(H,19,21)/t12-,13-,15-/m0/s1.